The molecule has 0 fully saturated rings. The molecule has 0 unspecified atom stereocenters. The van der Waals surface area contributed by atoms with Gasteiger partial charge in [0, 0.05) is 5.56 Å². The maximum absolute atomic E-state index is 11.3. The number of nitrogens with zero attached hydrogens (tertiary/aromatic N) is 2. The van der Waals surface area contributed by atoms with Crippen LogP contribution in [0, 0.1) is 21.4 Å². The second-order valence-electron chi connectivity index (χ2n) is 3.28. The SMILES string of the molecule is CCOC(=O)Cc1ccc(Cl)c(C#N)c1[N+](=O)[O-]. The summed E-state index contributed by atoms with van der Waals surface area (Å²) in [4.78, 5) is 21.5. The van der Waals surface area contributed by atoms with Crippen molar-refractivity contribution in [2.75, 3.05) is 6.61 Å². The lowest BCUT2D eigenvalue weighted by molar-refractivity contribution is -0.385. The molecule has 1 aromatic rings. The largest absolute Gasteiger partial charge is 0.466 e. The number of benzene rings is 1. The standard InChI is InChI=1S/C11H9ClN2O4/c1-2-18-10(15)5-7-3-4-9(12)8(6-13)11(7)14(16)17/h3-4H,2,5H2,1H3. The van der Waals surface area contributed by atoms with Gasteiger partial charge in [0.05, 0.1) is 23.0 Å². The molecule has 0 saturated carbocycles. The highest BCUT2D eigenvalue weighted by molar-refractivity contribution is 6.32. The maximum atomic E-state index is 11.3. The van der Waals surface area contributed by atoms with Gasteiger partial charge >= 0.3 is 5.97 Å². The lowest BCUT2D eigenvalue weighted by Crippen LogP contribution is -2.10. The summed E-state index contributed by atoms with van der Waals surface area (Å²) in [6, 6.07) is 4.36. The van der Waals surface area contributed by atoms with Crippen molar-refractivity contribution in [3.8, 4) is 6.07 Å². The number of carbonyl (C=O) groups is 1. The number of esters is 1. The summed E-state index contributed by atoms with van der Waals surface area (Å²) in [5.41, 5.74) is -0.582. The van der Waals surface area contributed by atoms with E-state index in [9.17, 15) is 14.9 Å². The molecule has 0 bridgehead atoms. The van der Waals surface area contributed by atoms with E-state index in [1.165, 1.54) is 12.1 Å². The van der Waals surface area contributed by atoms with Crippen molar-refractivity contribution in [1.29, 1.82) is 5.26 Å². The molecule has 1 rings (SSSR count). The van der Waals surface area contributed by atoms with Crippen molar-refractivity contribution in [3.63, 3.8) is 0 Å². The summed E-state index contributed by atoms with van der Waals surface area (Å²) >= 11 is 5.70. The Labute approximate surface area is 108 Å². The Hall–Kier alpha value is -2.13. The van der Waals surface area contributed by atoms with E-state index < -0.39 is 16.6 Å². The number of hydrogen-bond acceptors (Lipinski definition) is 5. The first kappa shape index (κ1) is 13.9. The average molecular weight is 269 g/mol. The Morgan fingerprint density at radius 2 is 2.28 bits per heavy atom. The third kappa shape index (κ3) is 2.96. The van der Waals surface area contributed by atoms with E-state index in [-0.39, 0.29) is 29.2 Å². The van der Waals surface area contributed by atoms with E-state index in [2.05, 4.69) is 0 Å². The fourth-order valence-electron chi connectivity index (χ4n) is 1.43. The Balaban J connectivity index is 3.25. The molecule has 0 aliphatic heterocycles. The maximum Gasteiger partial charge on any atom is 0.310 e. The van der Waals surface area contributed by atoms with Crippen molar-refractivity contribution < 1.29 is 14.5 Å². The highest BCUT2D eigenvalue weighted by atomic mass is 35.5. The molecule has 0 spiro atoms. The minimum atomic E-state index is -0.723. The van der Waals surface area contributed by atoms with Crippen LogP contribution in [0.1, 0.15) is 18.1 Å². The Morgan fingerprint density at radius 3 is 2.78 bits per heavy atom. The van der Waals surface area contributed by atoms with E-state index in [1.807, 2.05) is 0 Å². The molecule has 0 radical (unpaired) electrons. The number of nitro benzene ring substituents is 1. The quantitative estimate of drug-likeness (QED) is 0.474. The van der Waals surface area contributed by atoms with Crippen LogP contribution in [-0.4, -0.2) is 17.5 Å². The van der Waals surface area contributed by atoms with Crippen molar-refractivity contribution in [1.82, 2.24) is 0 Å². The molecule has 0 aromatic heterocycles. The van der Waals surface area contributed by atoms with E-state index in [0.29, 0.717) is 0 Å². The predicted molar refractivity (Wildman–Crippen MR) is 63.2 cm³/mol. The van der Waals surface area contributed by atoms with Crippen LogP contribution in [0.5, 0.6) is 0 Å². The number of nitro groups is 1. The van der Waals surface area contributed by atoms with Crippen LogP contribution in [-0.2, 0) is 16.0 Å². The number of carbonyl (C=O) groups excluding carboxylic acids is 1. The van der Waals surface area contributed by atoms with E-state index >= 15 is 0 Å². The van der Waals surface area contributed by atoms with Gasteiger partial charge in [-0.1, -0.05) is 17.7 Å². The lowest BCUT2D eigenvalue weighted by Gasteiger charge is -2.05. The van der Waals surface area contributed by atoms with E-state index in [4.69, 9.17) is 21.6 Å². The van der Waals surface area contributed by atoms with Crippen LogP contribution in [0.25, 0.3) is 0 Å². The van der Waals surface area contributed by atoms with Gasteiger partial charge in [-0.25, -0.2) is 0 Å². The van der Waals surface area contributed by atoms with E-state index in [0.717, 1.165) is 0 Å². The number of rotatable bonds is 4. The van der Waals surface area contributed by atoms with Crippen molar-refractivity contribution in [3.05, 3.63) is 38.4 Å². The zero-order valence-electron chi connectivity index (χ0n) is 9.47. The third-order valence-corrected chi connectivity index (χ3v) is 2.46. The number of hydrogen-bond donors (Lipinski definition) is 0. The summed E-state index contributed by atoms with van der Waals surface area (Å²) in [6.07, 6.45) is -0.268. The number of halogens is 1. The van der Waals surface area contributed by atoms with Gasteiger partial charge in [0.1, 0.15) is 11.6 Å². The molecule has 1 aromatic carbocycles. The van der Waals surface area contributed by atoms with Gasteiger partial charge in [0.2, 0.25) is 0 Å². The average Bonchev–Trinajstić information content (AvgIpc) is 2.30. The van der Waals surface area contributed by atoms with Gasteiger partial charge in [-0.2, -0.15) is 5.26 Å². The van der Waals surface area contributed by atoms with Crippen LogP contribution < -0.4 is 0 Å². The summed E-state index contributed by atoms with van der Waals surface area (Å²) < 4.78 is 4.71. The highest BCUT2D eigenvalue weighted by Crippen LogP contribution is 2.30. The Kier molecular flexibility index (Phi) is 4.63. The lowest BCUT2D eigenvalue weighted by atomic mass is 10.1. The summed E-state index contributed by atoms with van der Waals surface area (Å²) in [7, 11) is 0. The fraction of sp³-hybridized carbons (Fsp3) is 0.273. The monoisotopic (exact) mass is 268 g/mol. The Bertz CT molecular complexity index is 537. The molecule has 0 atom stereocenters. The second kappa shape index (κ2) is 5.98. The van der Waals surface area contributed by atoms with Crippen LogP contribution in [0.4, 0.5) is 5.69 Å². The minimum absolute atomic E-state index is 0.0168. The molecule has 0 N–H and O–H groups in total. The van der Waals surface area contributed by atoms with Gasteiger partial charge in [0.15, 0.2) is 0 Å². The van der Waals surface area contributed by atoms with Gasteiger partial charge in [-0.15, -0.1) is 0 Å². The molecular formula is C11H9ClN2O4. The summed E-state index contributed by atoms with van der Waals surface area (Å²) in [5.74, 6) is -0.591. The fourth-order valence-corrected chi connectivity index (χ4v) is 1.63. The molecule has 0 aliphatic rings. The van der Waals surface area contributed by atoms with Crippen LogP contribution in [0.15, 0.2) is 12.1 Å². The minimum Gasteiger partial charge on any atom is -0.466 e. The molecule has 7 heteroatoms. The molecule has 6 nitrogen and oxygen atoms in total. The summed E-state index contributed by atoms with van der Waals surface area (Å²) in [5, 5.41) is 19.8. The first-order chi connectivity index (χ1) is 8.51. The highest BCUT2D eigenvalue weighted by Gasteiger charge is 2.24. The molecule has 94 valence electrons. The second-order valence-corrected chi connectivity index (χ2v) is 3.69. The first-order valence-electron chi connectivity index (χ1n) is 5.02. The van der Waals surface area contributed by atoms with Crippen molar-refractivity contribution in [2.45, 2.75) is 13.3 Å². The molecule has 18 heavy (non-hydrogen) atoms. The topological polar surface area (TPSA) is 93.2 Å². The molecular weight excluding hydrogens is 260 g/mol. The zero-order chi connectivity index (χ0) is 13.7. The first-order valence-corrected chi connectivity index (χ1v) is 5.40. The van der Waals surface area contributed by atoms with Crippen LogP contribution in [0.3, 0.4) is 0 Å². The summed E-state index contributed by atoms with van der Waals surface area (Å²) in [6.45, 7) is 1.82. The molecule has 0 amide bonds. The van der Waals surface area contributed by atoms with Crippen LogP contribution >= 0.6 is 11.6 Å². The molecule has 0 aliphatic carbocycles. The zero-order valence-corrected chi connectivity index (χ0v) is 10.2. The molecule has 0 heterocycles. The van der Waals surface area contributed by atoms with Gasteiger partial charge in [-0.3, -0.25) is 14.9 Å². The van der Waals surface area contributed by atoms with Gasteiger partial charge < -0.3 is 4.74 Å². The Morgan fingerprint density at radius 1 is 1.61 bits per heavy atom. The normalized spacial score (nSPS) is 9.61. The van der Waals surface area contributed by atoms with Crippen molar-refractivity contribution in [2.24, 2.45) is 0 Å². The van der Waals surface area contributed by atoms with Gasteiger partial charge in [-0.05, 0) is 13.0 Å². The number of nitriles is 1. The van der Waals surface area contributed by atoms with Crippen molar-refractivity contribution >= 4 is 23.3 Å². The number of ether oxygens (including phenoxy) is 1. The predicted octanol–water partition coefficient (Wildman–Crippen LogP) is 2.23. The smallest absolute Gasteiger partial charge is 0.310 e. The van der Waals surface area contributed by atoms with Crippen LogP contribution in [0.2, 0.25) is 5.02 Å². The van der Waals surface area contributed by atoms with Gasteiger partial charge in [0.25, 0.3) is 5.69 Å². The van der Waals surface area contributed by atoms with E-state index in [1.54, 1.807) is 13.0 Å². The third-order valence-electron chi connectivity index (χ3n) is 2.15. The molecule has 0 saturated heterocycles.